The summed E-state index contributed by atoms with van der Waals surface area (Å²) in [5.74, 6) is 0.0595. The smallest absolute Gasteiger partial charge is 0.249 e. The lowest BCUT2D eigenvalue weighted by molar-refractivity contribution is -0.155. The Bertz CT molecular complexity index is 427. The Morgan fingerprint density at radius 1 is 1.43 bits per heavy atom. The summed E-state index contributed by atoms with van der Waals surface area (Å²) in [6.07, 6.45) is 4.16. The Labute approximate surface area is 126 Å². The molecule has 1 aliphatic heterocycles. The SMILES string of the molecule is C=C(C)COCCN1C(=O)C2(CCCC2)NC(=O)C1CC. The van der Waals surface area contributed by atoms with Crippen LogP contribution in [0.5, 0.6) is 0 Å². The molecule has 2 amide bonds. The first-order valence-electron chi connectivity index (χ1n) is 7.85. The zero-order valence-corrected chi connectivity index (χ0v) is 13.1. The molecule has 1 unspecified atom stereocenters. The number of nitrogens with one attached hydrogen (secondary N) is 1. The summed E-state index contributed by atoms with van der Waals surface area (Å²) in [4.78, 5) is 26.9. The van der Waals surface area contributed by atoms with Crippen LogP contribution in [0.2, 0.25) is 0 Å². The largest absolute Gasteiger partial charge is 0.375 e. The minimum Gasteiger partial charge on any atom is -0.375 e. The van der Waals surface area contributed by atoms with Gasteiger partial charge in [0.15, 0.2) is 0 Å². The van der Waals surface area contributed by atoms with Gasteiger partial charge in [-0.15, -0.1) is 0 Å². The van der Waals surface area contributed by atoms with Gasteiger partial charge in [0.05, 0.1) is 13.2 Å². The van der Waals surface area contributed by atoms with Crippen LogP contribution in [-0.2, 0) is 14.3 Å². The molecule has 0 aromatic rings. The zero-order chi connectivity index (χ0) is 15.5. The van der Waals surface area contributed by atoms with Gasteiger partial charge in [0, 0.05) is 6.54 Å². The van der Waals surface area contributed by atoms with Crippen LogP contribution >= 0.6 is 0 Å². The van der Waals surface area contributed by atoms with Gasteiger partial charge < -0.3 is 15.0 Å². The van der Waals surface area contributed by atoms with E-state index in [1.165, 1.54) is 0 Å². The number of ether oxygens (including phenoxy) is 1. The molecule has 5 nitrogen and oxygen atoms in total. The summed E-state index contributed by atoms with van der Waals surface area (Å²) in [7, 11) is 0. The van der Waals surface area contributed by atoms with E-state index in [4.69, 9.17) is 4.74 Å². The number of carbonyl (C=O) groups is 2. The lowest BCUT2D eigenvalue weighted by atomic mass is 9.90. The maximum Gasteiger partial charge on any atom is 0.249 e. The minimum atomic E-state index is -0.642. The molecule has 1 saturated heterocycles. The lowest BCUT2D eigenvalue weighted by Crippen LogP contribution is -2.69. The molecule has 118 valence electrons. The second-order valence-corrected chi connectivity index (χ2v) is 6.21. The Hall–Kier alpha value is -1.36. The third kappa shape index (κ3) is 3.28. The van der Waals surface area contributed by atoms with Crippen molar-refractivity contribution in [3.05, 3.63) is 12.2 Å². The molecule has 1 heterocycles. The van der Waals surface area contributed by atoms with E-state index in [1.807, 2.05) is 13.8 Å². The van der Waals surface area contributed by atoms with Crippen molar-refractivity contribution in [1.29, 1.82) is 0 Å². The van der Waals surface area contributed by atoms with Crippen LogP contribution in [0.1, 0.15) is 46.0 Å². The molecule has 2 aliphatic rings. The van der Waals surface area contributed by atoms with E-state index >= 15 is 0 Å². The van der Waals surface area contributed by atoms with Gasteiger partial charge >= 0.3 is 0 Å². The van der Waals surface area contributed by atoms with E-state index in [1.54, 1.807) is 4.90 Å². The molecule has 1 saturated carbocycles. The first-order valence-corrected chi connectivity index (χ1v) is 7.85. The Morgan fingerprint density at radius 2 is 2.10 bits per heavy atom. The normalized spacial score (nSPS) is 24.5. The predicted octanol–water partition coefficient (Wildman–Crippen LogP) is 1.63. The van der Waals surface area contributed by atoms with Crippen LogP contribution < -0.4 is 5.32 Å². The average Bonchev–Trinajstić information content (AvgIpc) is 2.89. The van der Waals surface area contributed by atoms with Crippen LogP contribution in [0.15, 0.2) is 12.2 Å². The van der Waals surface area contributed by atoms with Crippen molar-refractivity contribution in [1.82, 2.24) is 10.2 Å². The number of carbonyl (C=O) groups excluding carboxylic acids is 2. The fraction of sp³-hybridized carbons (Fsp3) is 0.750. The van der Waals surface area contributed by atoms with Crippen LogP contribution in [-0.4, -0.2) is 48.1 Å². The molecule has 1 N–H and O–H groups in total. The highest BCUT2D eigenvalue weighted by Gasteiger charge is 2.51. The fourth-order valence-electron chi connectivity index (χ4n) is 3.32. The van der Waals surface area contributed by atoms with Crippen LogP contribution in [0.25, 0.3) is 0 Å². The molecule has 0 bridgehead atoms. The number of amides is 2. The summed E-state index contributed by atoms with van der Waals surface area (Å²) < 4.78 is 5.50. The lowest BCUT2D eigenvalue weighted by Gasteiger charge is -2.44. The number of nitrogens with zero attached hydrogens (tertiary/aromatic N) is 1. The van der Waals surface area contributed by atoms with E-state index in [2.05, 4.69) is 11.9 Å². The minimum absolute atomic E-state index is 0.0149. The number of piperazine rings is 1. The third-order valence-corrected chi connectivity index (χ3v) is 4.38. The van der Waals surface area contributed by atoms with Gasteiger partial charge in [-0.05, 0) is 26.2 Å². The van der Waals surface area contributed by atoms with Gasteiger partial charge in [0.25, 0.3) is 0 Å². The maximum absolute atomic E-state index is 12.8. The summed E-state index contributed by atoms with van der Waals surface area (Å²) >= 11 is 0. The second-order valence-electron chi connectivity index (χ2n) is 6.21. The molecule has 21 heavy (non-hydrogen) atoms. The van der Waals surface area contributed by atoms with Crippen molar-refractivity contribution >= 4 is 11.8 Å². The Balaban J connectivity index is 2.04. The molecular formula is C16H26N2O3. The van der Waals surface area contributed by atoms with Crippen molar-refractivity contribution in [3.8, 4) is 0 Å². The van der Waals surface area contributed by atoms with Crippen molar-refractivity contribution in [2.75, 3.05) is 19.8 Å². The quantitative estimate of drug-likeness (QED) is 0.598. The zero-order valence-electron chi connectivity index (χ0n) is 13.1. The van der Waals surface area contributed by atoms with Crippen molar-refractivity contribution in [2.45, 2.75) is 57.5 Å². The first kappa shape index (κ1) is 16.0. The van der Waals surface area contributed by atoms with Gasteiger partial charge in [-0.3, -0.25) is 9.59 Å². The summed E-state index contributed by atoms with van der Waals surface area (Å²) in [6.45, 7) is 9.04. The molecule has 5 heteroatoms. The molecular weight excluding hydrogens is 268 g/mol. The number of rotatable bonds is 6. The standard InChI is InChI=1S/C16H26N2O3/c1-4-13-14(19)17-16(7-5-6-8-16)15(20)18(13)9-10-21-11-12(2)3/h13H,2,4-11H2,1,3H3,(H,17,19). The summed E-state index contributed by atoms with van der Waals surface area (Å²) in [5.41, 5.74) is 0.314. The monoisotopic (exact) mass is 294 g/mol. The molecule has 0 radical (unpaired) electrons. The van der Waals surface area contributed by atoms with Crippen molar-refractivity contribution < 1.29 is 14.3 Å². The highest BCUT2D eigenvalue weighted by Crippen LogP contribution is 2.35. The second kappa shape index (κ2) is 6.60. The van der Waals surface area contributed by atoms with Gasteiger partial charge in [0.2, 0.25) is 11.8 Å². The number of hydrogen-bond donors (Lipinski definition) is 1. The van der Waals surface area contributed by atoms with Crippen LogP contribution in [0, 0.1) is 0 Å². The number of hydrogen-bond acceptors (Lipinski definition) is 3. The Kier molecular flexibility index (Phi) is 5.04. The van der Waals surface area contributed by atoms with Crippen LogP contribution in [0.3, 0.4) is 0 Å². The van der Waals surface area contributed by atoms with Crippen molar-refractivity contribution in [3.63, 3.8) is 0 Å². The molecule has 1 aliphatic carbocycles. The maximum atomic E-state index is 12.8. The summed E-state index contributed by atoms with van der Waals surface area (Å²) in [5, 5.41) is 3.00. The molecule has 2 rings (SSSR count). The third-order valence-electron chi connectivity index (χ3n) is 4.38. The van der Waals surface area contributed by atoms with E-state index in [0.29, 0.717) is 26.2 Å². The highest BCUT2D eigenvalue weighted by molar-refractivity contribution is 6.00. The van der Waals surface area contributed by atoms with Gasteiger partial charge in [-0.2, -0.15) is 0 Å². The molecule has 2 fully saturated rings. The van der Waals surface area contributed by atoms with E-state index in [0.717, 1.165) is 31.3 Å². The highest BCUT2D eigenvalue weighted by atomic mass is 16.5. The molecule has 1 spiro atoms. The molecule has 1 atom stereocenters. The van der Waals surface area contributed by atoms with Gasteiger partial charge in [-0.25, -0.2) is 0 Å². The topological polar surface area (TPSA) is 58.6 Å². The summed E-state index contributed by atoms with van der Waals surface area (Å²) in [6, 6.07) is -0.364. The fourth-order valence-corrected chi connectivity index (χ4v) is 3.32. The van der Waals surface area contributed by atoms with Gasteiger partial charge in [0.1, 0.15) is 11.6 Å². The first-order chi connectivity index (χ1) is 10.00. The van der Waals surface area contributed by atoms with Crippen LogP contribution in [0.4, 0.5) is 0 Å². The van der Waals surface area contributed by atoms with Crippen molar-refractivity contribution in [2.24, 2.45) is 0 Å². The van der Waals surface area contributed by atoms with E-state index in [-0.39, 0.29) is 17.9 Å². The Morgan fingerprint density at radius 3 is 2.67 bits per heavy atom. The van der Waals surface area contributed by atoms with E-state index < -0.39 is 5.54 Å². The van der Waals surface area contributed by atoms with E-state index in [9.17, 15) is 9.59 Å². The average molecular weight is 294 g/mol. The molecule has 0 aromatic carbocycles. The van der Waals surface area contributed by atoms with Gasteiger partial charge in [-0.1, -0.05) is 31.9 Å². The predicted molar refractivity (Wildman–Crippen MR) is 80.8 cm³/mol. The molecule has 0 aromatic heterocycles.